The highest BCUT2D eigenvalue weighted by atomic mass is 19.3. The fourth-order valence-electron chi connectivity index (χ4n) is 0.952. The number of aryl methyl sites for hydroxylation is 1. The Bertz CT molecular complexity index is 381. The lowest BCUT2D eigenvalue weighted by Crippen LogP contribution is -2.03. The Morgan fingerprint density at radius 3 is 2.64 bits per heavy atom. The summed E-state index contributed by atoms with van der Waals surface area (Å²) >= 11 is 0. The molecule has 0 saturated heterocycles. The van der Waals surface area contributed by atoms with Crippen LogP contribution in [0.5, 0.6) is 0 Å². The number of nitro groups is 1. The number of aromatic nitrogens is 1. The molecule has 7 heteroatoms. The smallest absolute Gasteiger partial charge is 0.296 e. The second-order valence-corrected chi connectivity index (χ2v) is 2.62. The van der Waals surface area contributed by atoms with Crippen LogP contribution < -0.4 is 5.73 Å². The van der Waals surface area contributed by atoms with Crippen LogP contribution in [0.1, 0.15) is 17.8 Å². The van der Waals surface area contributed by atoms with Crippen LogP contribution in [0.15, 0.2) is 6.07 Å². The second kappa shape index (κ2) is 3.52. The summed E-state index contributed by atoms with van der Waals surface area (Å²) < 4.78 is 24.4. The molecule has 0 radical (unpaired) electrons. The second-order valence-electron chi connectivity index (χ2n) is 2.62. The average Bonchev–Trinajstić information content (AvgIpc) is 2.08. The fourth-order valence-corrected chi connectivity index (χ4v) is 0.952. The van der Waals surface area contributed by atoms with E-state index < -0.39 is 22.7 Å². The summed E-state index contributed by atoms with van der Waals surface area (Å²) in [6.07, 6.45) is -2.84. The van der Waals surface area contributed by atoms with Crippen molar-refractivity contribution in [2.24, 2.45) is 0 Å². The molecule has 0 aliphatic heterocycles. The monoisotopic (exact) mass is 203 g/mol. The maximum atomic E-state index is 12.2. The normalized spacial score (nSPS) is 10.6. The minimum Gasteiger partial charge on any atom is -0.392 e. The van der Waals surface area contributed by atoms with Crippen molar-refractivity contribution < 1.29 is 13.7 Å². The molecule has 0 aliphatic rings. The van der Waals surface area contributed by atoms with Gasteiger partial charge in [0, 0.05) is 6.07 Å². The van der Waals surface area contributed by atoms with Crippen LogP contribution in [0, 0.1) is 17.0 Å². The molecule has 0 aromatic carbocycles. The Kier molecular flexibility index (Phi) is 2.59. The molecule has 0 saturated carbocycles. The number of nitrogen functional groups attached to an aromatic ring is 1. The van der Waals surface area contributed by atoms with Gasteiger partial charge in [0.05, 0.1) is 10.6 Å². The number of halogens is 2. The molecule has 0 unspecified atom stereocenters. The third kappa shape index (κ3) is 1.76. The molecule has 14 heavy (non-hydrogen) atoms. The molecule has 1 heterocycles. The van der Waals surface area contributed by atoms with Crippen LogP contribution >= 0.6 is 0 Å². The van der Waals surface area contributed by atoms with Gasteiger partial charge < -0.3 is 5.73 Å². The molecule has 2 N–H and O–H groups in total. The lowest BCUT2D eigenvalue weighted by atomic mass is 10.2. The fraction of sp³-hybridized carbons (Fsp3) is 0.286. The first-order valence-corrected chi connectivity index (χ1v) is 3.63. The molecule has 1 aromatic rings. The average molecular weight is 203 g/mol. The van der Waals surface area contributed by atoms with Gasteiger partial charge in [-0.3, -0.25) is 10.1 Å². The third-order valence-corrected chi connectivity index (χ3v) is 1.67. The summed E-state index contributed by atoms with van der Waals surface area (Å²) in [7, 11) is 0. The van der Waals surface area contributed by atoms with E-state index in [1.807, 2.05) is 0 Å². The maximum Gasteiger partial charge on any atom is 0.296 e. The van der Waals surface area contributed by atoms with Crippen molar-refractivity contribution in [2.75, 3.05) is 5.73 Å². The van der Waals surface area contributed by atoms with E-state index in [2.05, 4.69) is 4.98 Å². The zero-order chi connectivity index (χ0) is 10.9. The quantitative estimate of drug-likeness (QED) is 0.587. The number of alkyl halides is 2. The predicted octanol–water partition coefficient (Wildman–Crippen LogP) is 1.82. The van der Waals surface area contributed by atoms with E-state index in [4.69, 9.17) is 5.73 Å². The summed E-state index contributed by atoms with van der Waals surface area (Å²) in [4.78, 5) is 13.0. The van der Waals surface area contributed by atoms with Crippen LogP contribution in [-0.4, -0.2) is 9.91 Å². The molecular formula is C7H7F2N3O2. The van der Waals surface area contributed by atoms with Gasteiger partial charge in [-0.05, 0) is 6.92 Å². The summed E-state index contributed by atoms with van der Waals surface area (Å²) in [5.41, 5.74) is 3.99. The summed E-state index contributed by atoms with van der Waals surface area (Å²) in [6, 6.07) is 0.688. The van der Waals surface area contributed by atoms with Gasteiger partial charge in [0.1, 0.15) is 11.4 Å². The van der Waals surface area contributed by atoms with Crippen molar-refractivity contribution in [3.05, 3.63) is 27.6 Å². The van der Waals surface area contributed by atoms with Crippen LogP contribution in [0.4, 0.5) is 20.2 Å². The van der Waals surface area contributed by atoms with Crippen molar-refractivity contribution in [1.82, 2.24) is 4.98 Å². The van der Waals surface area contributed by atoms with Crippen molar-refractivity contribution in [3.63, 3.8) is 0 Å². The predicted molar refractivity (Wildman–Crippen MR) is 45.0 cm³/mol. The number of nitrogens with zero attached hydrogens (tertiary/aromatic N) is 2. The van der Waals surface area contributed by atoms with Crippen LogP contribution in [-0.2, 0) is 0 Å². The van der Waals surface area contributed by atoms with Gasteiger partial charge in [0.2, 0.25) is 0 Å². The SMILES string of the molecule is Cc1nc(C(F)F)cc([N+](=O)[O-])c1N. The van der Waals surface area contributed by atoms with E-state index in [1.54, 1.807) is 0 Å². The molecule has 0 bridgehead atoms. The Labute approximate surface area is 77.7 Å². The first-order valence-electron chi connectivity index (χ1n) is 3.63. The highest BCUT2D eigenvalue weighted by Gasteiger charge is 2.20. The molecule has 0 amide bonds. The number of nitrogens with two attached hydrogens (primary N) is 1. The Morgan fingerprint density at radius 1 is 1.64 bits per heavy atom. The molecule has 1 aromatic heterocycles. The highest BCUT2D eigenvalue weighted by molar-refractivity contribution is 5.61. The minimum absolute atomic E-state index is 0.0366. The first-order chi connectivity index (χ1) is 6.43. The number of pyridine rings is 1. The first kappa shape index (κ1) is 10.3. The number of rotatable bonds is 2. The van der Waals surface area contributed by atoms with Gasteiger partial charge in [-0.1, -0.05) is 0 Å². The van der Waals surface area contributed by atoms with Gasteiger partial charge in [0.25, 0.3) is 12.1 Å². The number of hydrogen-bond acceptors (Lipinski definition) is 4. The van der Waals surface area contributed by atoms with E-state index >= 15 is 0 Å². The van der Waals surface area contributed by atoms with E-state index in [0.29, 0.717) is 6.07 Å². The maximum absolute atomic E-state index is 12.2. The summed E-state index contributed by atoms with van der Waals surface area (Å²) in [5.74, 6) is 0. The van der Waals surface area contributed by atoms with Gasteiger partial charge in [-0.2, -0.15) is 0 Å². The van der Waals surface area contributed by atoms with Gasteiger partial charge in [-0.25, -0.2) is 13.8 Å². The van der Waals surface area contributed by atoms with Crippen molar-refractivity contribution in [3.8, 4) is 0 Å². The highest BCUT2D eigenvalue weighted by Crippen LogP contribution is 2.28. The topological polar surface area (TPSA) is 82.0 Å². The molecule has 1 rings (SSSR count). The van der Waals surface area contributed by atoms with Gasteiger partial charge in [-0.15, -0.1) is 0 Å². The number of anilines is 1. The Morgan fingerprint density at radius 2 is 2.21 bits per heavy atom. The molecule has 0 atom stereocenters. The van der Waals surface area contributed by atoms with Gasteiger partial charge >= 0.3 is 0 Å². The van der Waals surface area contributed by atoms with Crippen molar-refractivity contribution in [2.45, 2.75) is 13.3 Å². The Hall–Kier alpha value is -1.79. The third-order valence-electron chi connectivity index (χ3n) is 1.67. The molecule has 76 valence electrons. The lowest BCUT2D eigenvalue weighted by molar-refractivity contribution is -0.384. The largest absolute Gasteiger partial charge is 0.392 e. The zero-order valence-electron chi connectivity index (χ0n) is 7.20. The summed E-state index contributed by atoms with van der Waals surface area (Å²) in [6.45, 7) is 1.34. The van der Waals surface area contributed by atoms with E-state index in [-0.39, 0.29) is 11.4 Å². The molecule has 5 nitrogen and oxygen atoms in total. The lowest BCUT2D eigenvalue weighted by Gasteiger charge is -2.04. The van der Waals surface area contributed by atoms with Crippen LogP contribution in [0.3, 0.4) is 0 Å². The van der Waals surface area contributed by atoms with Crippen LogP contribution in [0.2, 0.25) is 0 Å². The Balaban J connectivity index is 3.35. The van der Waals surface area contributed by atoms with Crippen LogP contribution in [0.25, 0.3) is 0 Å². The van der Waals surface area contributed by atoms with E-state index in [0.717, 1.165) is 0 Å². The standard InChI is InChI=1S/C7H7F2N3O2/c1-3-6(10)5(12(13)14)2-4(11-3)7(8)9/h2,7H,10H2,1H3. The van der Waals surface area contributed by atoms with Gasteiger partial charge in [0.15, 0.2) is 0 Å². The minimum atomic E-state index is -2.84. The van der Waals surface area contributed by atoms with Crippen molar-refractivity contribution in [1.29, 1.82) is 0 Å². The van der Waals surface area contributed by atoms with E-state index in [1.165, 1.54) is 6.92 Å². The molecule has 0 aliphatic carbocycles. The molecular weight excluding hydrogens is 196 g/mol. The summed E-state index contributed by atoms with van der Waals surface area (Å²) in [5, 5.41) is 10.4. The van der Waals surface area contributed by atoms with Crippen molar-refractivity contribution >= 4 is 11.4 Å². The zero-order valence-corrected chi connectivity index (χ0v) is 7.20. The van der Waals surface area contributed by atoms with E-state index in [9.17, 15) is 18.9 Å². The molecule has 0 fully saturated rings. The molecule has 0 spiro atoms. The number of hydrogen-bond donors (Lipinski definition) is 1.